The maximum absolute atomic E-state index is 11.5. The Hall–Kier alpha value is -0.570. The Balaban J connectivity index is 1.51. The molecule has 1 amide bonds. The van der Waals surface area contributed by atoms with Gasteiger partial charge >= 0.3 is 0 Å². The van der Waals surface area contributed by atoms with Crippen molar-refractivity contribution in [3.63, 3.8) is 0 Å². The molecule has 2 aliphatic rings. The van der Waals surface area contributed by atoms with Crippen molar-refractivity contribution in [1.82, 2.24) is 10.6 Å². The fraction of sp³-hybridized carbons (Fsp3) is 0.917. The van der Waals surface area contributed by atoms with Gasteiger partial charge in [0, 0.05) is 32.0 Å². The quantitative estimate of drug-likeness (QED) is 0.718. The molecule has 2 fully saturated rings. The second-order valence-electron chi connectivity index (χ2n) is 5.02. The maximum Gasteiger partial charge on any atom is 0.220 e. The lowest BCUT2D eigenvalue weighted by Crippen LogP contribution is -2.48. The van der Waals surface area contributed by atoms with E-state index in [0.29, 0.717) is 5.92 Å². The highest BCUT2D eigenvalue weighted by Crippen LogP contribution is 2.28. The highest BCUT2D eigenvalue weighted by molar-refractivity contribution is 5.75. The molecule has 0 aromatic carbocycles. The van der Waals surface area contributed by atoms with Crippen LogP contribution in [0.1, 0.15) is 38.5 Å². The molecule has 1 saturated heterocycles. The molecule has 0 aromatic heterocycles. The van der Waals surface area contributed by atoms with Crippen molar-refractivity contribution in [2.45, 2.75) is 38.5 Å². The van der Waals surface area contributed by atoms with Crippen LogP contribution in [0.25, 0.3) is 0 Å². The van der Waals surface area contributed by atoms with Gasteiger partial charge in [0.05, 0.1) is 0 Å². The normalized spacial score (nSPS) is 22.7. The number of carbonyl (C=O) groups excluding carboxylic acids is 1. The molecular weight excluding hydrogens is 188 g/mol. The van der Waals surface area contributed by atoms with Crippen LogP contribution in [0.3, 0.4) is 0 Å². The lowest BCUT2D eigenvalue weighted by Gasteiger charge is -2.27. The summed E-state index contributed by atoms with van der Waals surface area (Å²) in [6.45, 7) is 3.02. The van der Waals surface area contributed by atoms with Crippen LogP contribution in [0.5, 0.6) is 0 Å². The van der Waals surface area contributed by atoms with Gasteiger partial charge in [0.2, 0.25) is 5.91 Å². The Morgan fingerprint density at radius 1 is 1.20 bits per heavy atom. The van der Waals surface area contributed by atoms with Crippen LogP contribution in [0.2, 0.25) is 0 Å². The van der Waals surface area contributed by atoms with Crippen molar-refractivity contribution in [3.05, 3.63) is 0 Å². The van der Waals surface area contributed by atoms with Gasteiger partial charge in [-0.3, -0.25) is 4.79 Å². The van der Waals surface area contributed by atoms with Crippen molar-refractivity contribution in [3.8, 4) is 0 Å². The summed E-state index contributed by atoms with van der Waals surface area (Å²) in [6.07, 6.45) is 7.29. The van der Waals surface area contributed by atoms with Crippen LogP contribution in [0.15, 0.2) is 0 Å². The molecule has 0 radical (unpaired) electrons. The molecule has 2 N–H and O–H groups in total. The minimum absolute atomic E-state index is 0.258. The van der Waals surface area contributed by atoms with E-state index >= 15 is 0 Å². The summed E-state index contributed by atoms with van der Waals surface area (Å²) in [5.41, 5.74) is 0. The molecule has 0 atom stereocenters. The first kappa shape index (κ1) is 10.9. The van der Waals surface area contributed by atoms with Gasteiger partial charge in [-0.25, -0.2) is 0 Å². The zero-order valence-electron chi connectivity index (χ0n) is 9.43. The zero-order valence-corrected chi connectivity index (χ0v) is 9.43. The average Bonchev–Trinajstić information content (AvgIpc) is 2.64. The first-order chi connectivity index (χ1) is 7.34. The second-order valence-corrected chi connectivity index (χ2v) is 5.02. The fourth-order valence-corrected chi connectivity index (χ4v) is 2.47. The fourth-order valence-electron chi connectivity index (χ4n) is 2.47. The summed E-state index contributed by atoms with van der Waals surface area (Å²) in [7, 11) is 0. The van der Waals surface area contributed by atoms with Crippen molar-refractivity contribution >= 4 is 5.91 Å². The van der Waals surface area contributed by atoms with Gasteiger partial charge in [0.1, 0.15) is 0 Å². The van der Waals surface area contributed by atoms with E-state index in [1.165, 1.54) is 25.7 Å². The first-order valence-corrected chi connectivity index (χ1v) is 6.32. The van der Waals surface area contributed by atoms with E-state index in [-0.39, 0.29) is 5.91 Å². The average molecular weight is 210 g/mol. The molecule has 3 nitrogen and oxygen atoms in total. The number of rotatable bonds is 5. The standard InChI is InChI=1S/C12H22N2O/c15-12(14-9-11-7-13-8-11)6-5-10-3-1-2-4-10/h10-11,13H,1-9H2,(H,14,15). The Labute approximate surface area is 92.0 Å². The third-order valence-corrected chi connectivity index (χ3v) is 3.71. The molecule has 0 spiro atoms. The predicted octanol–water partition coefficient (Wildman–Crippen LogP) is 1.29. The molecule has 2 rings (SSSR count). The minimum atomic E-state index is 0.258. The van der Waals surface area contributed by atoms with E-state index in [4.69, 9.17) is 0 Å². The Morgan fingerprint density at radius 3 is 2.53 bits per heavy atom. The Bertz CT molecular complexity index is 208. The van der Waals surface area contributed by atoms with E-state index in [9.17, 15) is 4.79 Å². The maximum atomic E-state index is 11.5. The highest BCUT2D eigenvalue weighted by Gasteiger charge is 2.18. The van der Waals surface area contributed by atoms with Gasteiger partial charge in [-0.2, -0.15) is 0 Å². The molecular formula is C12H22N2O. The molecule has 1 heterocycles. The number of hydrogen-bond acceptors (Lipinski definition) is 2. The summed E-state index contributed by atoms with van der Waals surface area (Å²) >= 11 is 0. The van der Waals surface area contributed by atoms with Crippen molar-refractivity contribution in [2.24, 2.45) is 11.8 Å². The summed E-state index contributed by atoms with van der Waals surface area (Å²) < 4.78 is 0. The van der Waals surface area contributed by atoms with Gasteiger partial charge in [0.15, 0.2) is 0 Å². The second kappa shape index (κ2) is 5.50. The van der Waals surface area contributed by atoms with Crippen LogP contribution in [-0.2, 0) is 4.79 Å². The van der Waals surface area contributed by atoms with Crippen LogP contribution in [0.4, 0.5) is 0 Å². The van der Waals surface area contributed by atoms with Crippen LogP contribution < -0.4 is 10.6 Å². The van der Waals surface area contributed by atoms with Gasteiger partial charge in [0.25, 0.3) is 0 Å². The monoisotopic (exact) mass is 210 g/mol. The highest BCUT2D eigenvalue weighted by atomic mass is 16.1. The summed E-state index contributed by atoms with van der Waals surface area (Å²) in [5, 5.41) is 6.24. The molecule has 0 bridgehead atoms. The third-order valence-electron chi connectivity index (χ3n) is 3.71. The predicted molar refractivity (Wildman–Crippen MR) is 60.6 cm³/mol. The topological polar surface area (TPSA) is 41.1 Å². The molecule has 3 heteroatoms. The number of carbonyl (C=O) groups is 1. The molecule has 1 saturated carbocycles. The van der Waals surface area contributed by atoms with E-state index in [1.54, 1.807) is 0 Å². The lowest BCUT2D eigenvalue weighted by atomic mass is 10.0. The third kappa shape index (κ3) is 3.49. The number of hydrogen-bond donors (Lipinski definition) is 2. The summed E-state index contributed by atoms with van der Waals surface area (Å²) in [4.78, 5) is 11.5. The van der Waals surface area contributed by atoms with Crippen molar-refractivity contribution < 1.29 is 4.79 Å². The van der Waals surface area contributed by atoms with Crippen LogP contribution in [0, 0.1) is 11.8 Å². The molecule has 1 aliphatic heterocycles. The Morgan fingerprint density at radius 2 is 1.93 bits per heavy atom. The first-order valence-electron chi connectivity index (χ1n) is 6.32. The van der Waals surface area contributed by atoms with Gasteiger partial charge in [-0.15, -0.1) is 0 Å². The molecule has 15 heavy (non-hydrogen) atoms. The van der Waals surface area contributed by atoms with Crippen LogP contribution >= 0.6 is 0 Å². The largest absolute Gasteiger partial charge is 0.356 e. The summed E-state index contributed by atoms with van der Waals surface area (Å²) in [5.74, 6) is 1.77. The zero-order chi connectivity index (χ0) is 10.5. The van der Waals surface area contributed by atoms with Gasteiger partial charge < -0.3 is 10.6 Å². The van der Waals surface area contributed by atoms with Gasteiger partial charge in [-0.1, -0.05) is 25.7 Å². The van der Waals surface area contributed by atoms with Gasteiger partial charge in [-0.05, 0) is 12.3 Å². The number of amides is 1. The van der Waals surface area contributed by atoms with E-state index < -0.39 is 0 Å². The molecule has 0 aromatic rings. The minimum Gasteiger partial charge on any atom is -0.356 e. The van der Waals surface area contributed by atoms with Crippen molar-refractivity contribution in [1.29, 1.82) is 0 Å². The van der Waals surface area contributed by atoms with Crippen molar-refractivity contribution in [2.75, 3.05) is 19.6 Å². The lowest BCUT2D eigenvalue weighted by molar-refractivity contribution is -0.121. The van der Waals surface area contributed by atoms with E-state index in [2.05, 4.69) is 10.6 Å². The molecule has 86 valence electrons. The van der Waals surface area contributed by atoms with E-state index in [1.807, 2.05) is 0 Å². The van der Waals surface area contributed by atoms with E-state index in [0.717, 1.165) is 38.4 Å². The number of nitrogens with one attached hydrogen (secondary N) is 2. The smallest absolute Gasteiger partial charge is 0.220 e. The molecule has 1 aliphatic carbocycles. The Kier molecular flexibility index (Phi) is 4.01. The summed E-state index contributed by atoms with van der Waals surface area (Å²) in [6, 6.07) is 0. The molecule has 0 unspecified atom stereocenters. The van der Waals surface area contributed by atoms with Crippen LogP contribution in [-0.4, -0.2) is 25.5 Å². The SMILES string of the molecule is O=C(CCC1CCCC1)NCC1CNC1.